The molecule has 1 unspecified atom stereocenters. The lowest BCUT2D eigenvalue weighted by Gasteiger charge is -2.42. The number of aliphatic hydroxyl groups excluding tert-OH is 1. The van der Waals surface area contributed by atoms with E-state index in [0.29, 0.717) is 6.42 Å². The lowest BCUT2D eigenvalue weighted by atomic mass is 9.75. The van der Waals surface area contributed by atoms with Gasteiger partial charge in [-0.2, -0.15) is 0 Å². The Bertz CT molecular complexity index is 284. The minimum atomic E-state index is -1.51. The summed E-state index contributed by atoms with van der Waals surface area (Å²) in [4.78, 5) is 0. The van der Waals surface area contributed by atoms with Crippen LogP contribution in [0.5, 0.6) is 0 Å². The van der Waals surface area contributed by atoms with Gasteiger partial charge in [-0.05, 0) is 32.4 Å². The van der Waals surface area contributed by atoms with E-state index < -0.39 is 17.8 Å². The molecule has 0 aliphatic heterocycles. The Kier molecular flexibility index (Phi) is 13.9. The number of aliphatic hydroxyl groups is 3. The van der Waals surface area contributed by atoms with Crippen LogP contribution in [0.25, 0.3) is 0 Å². The van der Waals surface area contributed by atoms with Crippen molar-refractivity contribution in [2.75, 3.05) is 19.7 Å². The highest BCUT2D eigenvalue weighted by Gasteiger charge is 2.47. The van der Waals surface area contributed by atoms with E-state index in [-0.39, 0.29) is 25.9 Å². The monoisotopic (exact) mass is 346 g/mol. The molecule has 7 N–H and O–H groups in total. The summed E-state index contributed by atoms with van der Waals surface area (Å²) < 4.78 is 0. The van der Waals surface area contributed by atoms with Crippen molar-refractivity contribution in [3.05, 3.63) is 0 Å². The third-order valence-corrected chi connectivity index (χ3v) is 5.19. The average molecular weight is 347 g/mol. The van der Waals surface area contributed by atoms with Crippen LogP contribution in [0, 0.1) is 0 Å². The van der Waals surface area contributed by atoms with Crippen LogP contribution in [-0.2, 0) is 0 Å². The van der Waals surface area contributed by atoms with Crippen molar-refractivity contribution >= 4 is 0 Å². The fraction of sp³-hybridized carbons (Fsp3) is 1.00. The van der Waals surface area contributed by atoms with E-state index in [1.54, 1.807) is 0 Å². The zero-order valence-corrected chi connectivity index (χ0v) is 15.8. The maximum atomic E-state index is 10.7. The Morgan fingerprint density at radius 1 is 0.625 bits per heavy atom. The number of nitrogens with two attached hydrogens (primary N) is 2. The molecule has 0 spiro atoms. The van der Waals surface area contributed by atoms with Crippen molar-refractivity contribution in [2.45, 2.75) is 102 Å². The van der Waals surface area contributed by atoms with Crippen LogP contribution in [0.3, 0.4) is 0 Å². The number of rotatable bonds is 17. The molecule has 0 aromatic carbocycles. The fourth-order valence-electron chi connectivity index (χ4n) is 3.43. The molecule has 0 rings (SSSR count). The van der Waals surface area contributed by atoms with Crippen molar-refractivity contribution in [2.24, 2.45) is 11.5 Å². The molecule has 1 atom stereocenters. The minimum Gasteiger partial charge on any atom is -0.393 e. The highest BCUT2D eigenvalue weighted by molar-refractivity contribution is 4.99. The van der Waals surface area contributed by atoms with Gasteiger partial charge in [0, 0.05) is 0 Å². The van der Waals surface area contributed by atoms with Crippen LogP contribution in [-0.4, -0.2) is 46.2 Å². The van der Waals surface area contributed by atoms with E-state index in [1.165, 1.54) is 44.9 Å². The first-order valence-corrected chi connectivity index (χ1v) is 9.95. The van der Waals surface area contributed by atoms with Crippen LogP contribution >= 0.6 is 0 Å². The molecule has 0 fully saturated rings. The number of unbranched alkanes of at least 4 members (excludes halogenated alkanes) is 9. The fourth-order valence-corrected chi connectivity index (χ4v) is 3.43. The standard InChI is InChI=1S/C19H42N2O3/c1-2-3-4-5-6-7-8-9-10-11-12-19(24,17-22)18(23,13-15-20)14-16-21/h22-24H,2-17,20-21H2,1H3. The van der Waals surface area contributed by atoms with Crippen molar-refractivity contribution in [3.63, 3.8) is 0 Å². The van der Waals surface area contributed by atoms with E-state index >= 15 is 0 Å². The maximum Gasteiger partial charge on any atom is 0.116 e. The Morgan fingerprint density at radius 2 is 1.04 bits per heavy atom. The Hall–Kier alpha value is -0.200. The van der Waals surface area contributed by atoms with Crippen LogP contribution < -0.4 is 11.5 Å². The smallest absolute Gasteiger partial charge is 0.116 e. The summed E-state index contributed by atoms with van der Waals surface area (Å²) in [7, 11) is 0. The molecule has 0 radical (unpaired) electrons. The zero-order valence-electron chi connectivity index (χ0n) is 15.8. The summed E-state index contributed by atoms with van der Waals surface area (Å²) in [5, 5.41) is 31.0. The van der Waals surface area contributed by atoms with Gasteiger partial charge in [-0.3, -0.25) is 0 Å². The van der Waals surface area contributed by atoms with Gasteiger partial charge >= 0.3 is 0 Å². The van der Waals surface area contributed by atoms with Crippen molar-refractivity contribution < 1.29 is 15.3 Å². The second-order valence-electron chi connectivity index (χ2n) is 7.23. The Balaban J connectivity index is 4.02. The molecule has 5 nitrogen and oxygen atoms in total. The molecule has 0 saturated heterocycles. The normalized spacial score (nSPS) is 14.8. The third kappa shape index (κ3) is 8.77. The summed E-state index contributed by atoms with van der Waals surface area (Å²) in [6, 6.07) is 0. The molecule has 0 saturated carbocycles. The van der Waals surface area contributed by atoms with Crippen molar-refractivity contribution in [1.29, 1.82) is 0 Å². The molecule has 0 aromatic heterocycles. The third-order valence-electron chi connectivity index (χ3n) is 5.19. The topological polar surface area (TPSA) is 113 Å². The Morgan fingerprint density at radius 3 is 1.42 bits per heavy atom. The molecule has 0 heterocycles. The quantitative estimate of drug-likeness (QED) is 0.260. The predicted octanol–water partition coefficient (Wildman–Crippen LogP) is 2.45. The summed E-state index contributed by atoms with van der Waals surface area (Å²) in [6.45, 7) is 2.30. The number of hydrogen-bond donors (Lipinski definition) is 5. The van der Waals surface area contributed by atoms with Gasteiger partial charge < -0.3 is 26.8 Å². The lowest BCUT2D eigenvalue weighted by molar-refractivity contribution is -0.181. The van der Waals surface area contributed by atoms with Gasteiger partial charge in [-0.1, -0.05) is 71.1 Å². The lowest BCUT2D eigenvalue weighted by Crippen LogP contribution is -2.58. The Labute approximate surface area is 148 Å². The van der Waals surface area contributed by atoms with Gasteiger partial charge in [-0.25, -0.2) is 0 Å². The highest BCUT2D eigenvalue weighted by Crippen LogP contribution is 2.33. The van der Waals surface area contributed by atoms with E-state index in [4.69, 9.17) is 11.5 Å². The second kappa shape index (κ2) is 14.0. The van der Waals surface area contributed by atoms with Gasteiger partial charge in [0.1, 0.15) is 5.60 Å². The molecular formula is C19H42N2O3. The molecule has 0 aliphatic rings. The van der Waals surface area contributed by atoms with E-state index in [9.17, 15) is 15.3 Å². The zero-order chi connectivity index (χ0) is 18.3. The van der Waals surface area contributed by atoms with E-state index in [1.807, 2.05) is 0 Å². The van der Waals surface area contributed by atoms with Crippen LogP contribution in [0.15, 0.2) is 0 Å². The molecule has 24 heavy (non-hydrogen) atoms. The first-order chi connectivity index (χ1) is 11.5. The van der Waals surface area contributed by atoms with Gasteiger partial charge in [0.25, 0.3) is 0 Å². The van der Waals surface area contributed by atoms with Gasteiger partial charge in [0.2, 0.25) is 0 Å². The van der Waals surface area contributed by atoms with Gasteiger partial charge in [-0.15, -0.1) is 0 Å². The molecule has 0 aliphatic carbocycles. The van der Waals surface area contributed by atoms with Crippen molar-refractivity contribution in [1.82, 2.24) is 0 Å². The van der Waals surface area contributed by atoms with E-state index in [0.717, 1.165) is 19.3 Å². The summed E-state index contributed by atoms with van der Waals surface area (Å²) in [5.74, 6) is 0. The number of hydrogen-bond acceptors (Lipinski definition) is 5. The van der Waals surface area contributed by atoms with Crippen LogP contribution in [0.4, 0.5) is 0 Å². The SMILES string of the molecule is CCCCCCCCCCCCC(O)(CO)C(O)(CCN)CCN. The largest absolute Gasteiger partial charge is 0.393 e. The van der Waals surface area contributed by atoms with Crippen LogP contribution in [0.1, 0.15) is 90.4 Å². The molecule has 146 valence electrons. The first kappa shape index (κ1) is 23.8. The van der Waals surface area contributed by atoms with E-state index in [2.05, 4.69) is 6.92 Å². The maximum absolute atomic E-state index is 10.7. The first-order valence-electron chi connectivity index (χ1n) is 9.95. The summed E-state index contributed by atoms with van der Waals surface area (Å²) >= 11 is 0. The predicted molar refractivity (Wildman–Crippen MR) is 101 cm³/mol. The summed E-state index contributed by atoms with van der Waals surface area (Å²) in [5.41, 5.74) is 8.21. The molecule has 5 heteroatoms. The average Bonchev–Trinajstić information content (AvgIpc) is 2.56. The highest BCUT2D eigenvalue weighted by atomic mass is 16.4. The van der Waals surface area contributed by atoms with Crippen LogP contribution in [0.2, 0.25) is 0 Å². The minimum absolute atomic E-state index is 0.249. The molecule has 0 amide bonds. The molecule has 0 bridgehead atoms. The van der Waals surface area contributed by atoms with Crippen molar-refractivity contribution in [3.8, 4) is 0 Å². The molecular weight excluding hydrogens is 304 g/mol. The second-order valence-corrected chi connectivity index (χ2v) is 7.23. The molecule has 0 aromatic rings. The summed E-state index contributed by atoms with van der Waals surface area (Å²) in [6.07, 6.45) is 13.0. The van der Waals surface area contributed by atoms with Gasteiger partial charge in [0.15, 0.2) is 0 Å². The van der Waals surface area contributed by atoms with Gasteiger partial charge in [0.05, 0.1) is 12.2 Å².